The second-order valence-corrected chi connectivity index (χ2v) is 3.01. The van der Waals surface area contributed by atoms with Crippen molar-refractivity contribution in [2.24, 2.45) is 0 Å². The van der Waals surface area contributed by atoms with Gasteiger partial charge in [-0.3, -0.25) is 0 Å². The van der Waals surface area contributed by atoms with Gasteiger partial charge in [0.05, 0.1) is 0 Å². The van der Waals surface area contributed by atoms with E-state index < -0.39 is 0 Å². The quantitative estimate of drug-likeness (QED) is 0.678. The monoisotopic (exact) mass is 238 g/mol. The van der Waals surface area contributed by atoms with Crippen LogP contribution in [0.25, 0.3) is 0 Å². The van der Waals surface area contributed by atoms with Gasteiger partial charge in [-0.25, -0.2) is 0 Å². The molecule has 0 radical (unpaired) electrons. The topological polar surface area (TPSA) is 13.1 Å². The highest BCUT2D eigenvalue weighted by Crippen LogP contribution is 2.23. The maximum Gasteiger partial charge on any atom is 0.173 e. The van der Waals surface area contributed by atoms with Gasteiger partial charge in [0.15, 0.2) is 9.34 Å². The fourth-order valence-electron chi connectivity index (χ4n) is 0.423. The van der Waals surface area contributed by atoms with Gasteiger partial charge >= 0.3 is 0 Å². The van der Waals surface area contributed by atoms with Crippen LogP contribution in [0.3, 0.4) is 0 Å². The van der Waals surface area contributed by atoms with E-state index in [1.807, 2.05) is 13.0 Å². The largest absolute Gasteiger partial charge is 0.442 e. The molecule has 0 saturated heterocycles. The van der Waals surface area contributed by atoms with Gasteiger partial charge in [0.2, 0.25) is 0 Å². The molecule has 44 valence electrons. The van der Waals surface area contributed by atoms with E-state index in [4.69, 9.17) is 4.42 Å². The van der Waals surface area contributed by atoms with Crippen molar-refractivity contribution in [3.05, 3.63) is 21.0 Å². The molecule has 0 bridgehead atoms. The summed E-state index contributed by atoms with van der Waals surface area (Å²) in [5, 5.41) is 0. The van der Waals surface area contributed by atoms with E-state index in [0.717, 1.165) is 14.9 Å². The van der Waals surface area contributed by atoms with Crippen LogP contribution in [0.1, 0.15) is 5.56 Å². The summed E-state index contributed by atoms with van der Waals surface area (Å²) in [7, 11) is 0. The van der Waals surface area contributed by atoms with Gasteiger partial charge in [0.1, 0.15) is 0 Å². The molecule has 0 atom stereocenters. The minimum atomic E-state index is 0.766. The van der Waals surface area contributed by atoms with Crippen LogP contribution >= 0.6 is 31.9 Å². The summed E-state index contributed by atoms with van der Waals surface area (Å²) in [5.41, 5.74) is 1.11. The van der Waals surface area contributed by atoms with Crippen molar-refractivity contribution >= 4 is 31.9 Å². The molecule has 0 fully saturated rings. The molecule has 0 N–H and O–H groups in total. The molecule has 0 saturated carbocycles. The van der Waals surface area contributed by atoms with Gasteiger partial charge in [-0.1, -0.05) is 0 Å². The molecule has 1 rings (SSSR count). The van der Waals surface area contributed by atoms with Crippen LogP contribution in [0.5, 0.6) is 0 Å². The van der Waals surface area contributed by atoms with Gasteiger partial charge in [-0.15, -0.1) is 0 Å². The first-order chi connectivity index (χ1) is 3.70. The lowest BCUT2D eigenvalue weighted by Gasteiger charge is -1.77. The standard InChI is InChI=1S/C5H4Br2O/c1-3-2-4(6)8-5(3)7/h2H,1H3. The Labute approximate surface area is 64.3 Å². The predicted molar refractivity (Wildman–Crippen MR) is 38.8 cm³/mol. The molecule has 1 nitrogen and oxygen atoms in total. The molecule has 0 aliphatic rings. The summed E-state index contributed by atoms with van der Waals surface area (Å²) in [6, 6.07) is 1.91. The lowest BCUT2D eigenvalue weighted by atomic mass is 10.4. The number of hydrogen-bond donors (Lipinski definition) is 0. The predicted octanol–water partition coefficient (Wildman–Crippen LogP) is 3.11. The molecule has 0 spiro atoms. The minimum Gasteiger partial charge on any atom is -0.442 e. The molecule has 8 heavy (non-hydrogen) atoms. The Morgan fingerprint density at radius 2 is 2.12 bits per heavy atom. The Hall–Kier alpha value is 0.240. The first kappa shape index (κ1) is 6.36. The number of halogens is 2. The second kappa shape index (κ2) is 2.23. The lowest BCUT2D eigenvalue weighted by Crippen LogP contribution is -1.56. The summed E-state index contributed by atoms with van der Waals surface area (Å²) in [4.78, 5) is 0. The van der Waals surface area contributed by atoms with Gasteiger partial charge < -0.3 is 4.42 Å². The van der Waals surface area contributed by atoms with Crippen LogP contribution in [0.4, 0.5) is 0 Å². The summed E-state index contributed by atoms with van der Waals surface area (Å²) in [5.74, 6) is 0. The van der Waals surface area contributed by atoms with Crippen LogP contribution in [-0.2, 0) is 0 Å². The molecule has 0 unspecified atom stereocenters. The maximum atomic E-state index is 5.05. The number of rotatable bonds is 0. The van der Waals surface area contributed by atoms with E-state index in [9.17, 15) is 0 Å². The molecule has 0 amide bonds. The average Bonchev–Trinajstić information content (AvgIpc) is 1.85. The third-order valence-electron chi connectivity index (χ3n) is 0.827. The van der Waals surface area contributed by atoms with Gasteiger partial charge in [-0.05, 0) is 44.8 Å². The van der Waals surface area contributed by atoms with Crippen molar-refractivity contribution in [1.82, 2.24) is 0 Å². The van der Waals surface area contributed by atoms with Crippen LogP contribution in [0.15, 0.2) is 19.8 Å². The van der Waals surface area contributed by atoms with Gasteiger partial charge in [-0.2, -0.15) is 0 Å². The third kappa shape index (κ3) is 1.14. The fourth-order valence-corrected chi connectivity index (χ4v) is 1.43. The van der Waals surface area contributed by atoms with Crippen molar-refractivity contribution in [2.75, 3.05) is 0 Å². The molecule has 1 aromatic heterocycles. The normalized spacial score (nSPS) is 9.88. The highest BCUT2D eigenvalue weighted by atomic mass is 79.9. The Morgan fingerprint density at radius 1 is 1.50 bits per heavy atom. The van der Waals surface area contributed by atoms with Crippen molar-refractivity contribution in [1.29, 1.82) is 0 Å². The summed E-state index contributed by atoms with van der Waals surface area (Å²) >= 11 is 6.41. The Bertz CT molecular complexity index is 173. The van der Waals surface area contributed by atoms with Gasteiger partial charge in [0, 0.05) is 5.56 Å². The zero-order chi connectivity index (χ0) is 6.15. The van der Waals surface area contributed by atoms with Crippen molar-refractivity contribution < 1.29 is 4.42 Å². The van der Waals surface area contributed by atoms with Crippen LogP contribution in [0, 0.1) is 6.92 Å². The van der Waals surface area contributed by atoms with Crippen molar-refractivity contribution in [3.8, 4) is 0 Å². The summed E-state index contributed by atoms with van der Waals surface area (Å²) < 4.78 is 6.61. The van der Waals surface area contributed by atoms with Crippen LogP contribution in [-0.4, -0.2) is 0 Å². The molecule has 0 aliphatic heterocycles. The Balaban J connectivity index is 3.14. The molecule has 1 heterocycles. The van der Waals surface area contributed by atoms with E-state index in [1.165, 1.54) is 0 Å². The molecule has 0 aromatic carbocycles. The molecule has 3 heteroatoms. The zero-order valence-corrected chi connectivity index (χ0v) is 7.41. The molecular weight excluding hydrogens is 236 g/mol. The highest BCUT2D eigenvalue weighted by Gasteiger charge is 1.98. The van der Waals surface area contributed by atoms with Crippen LogP contribution in [0.2, 0.25) is 0 Å². The maximum absolute atomic E-state index is 5.05. The van der Waals surface area contributed by atoms with Crippen molar-refractivity contribution in [3.63, 3.8) is 0 Å². The number of aryl methyl sites for hydroxylation is 1. The van der Waals surface area contributed by atoms with E-state index in [2.05, 4.69) is 31.9 Å². The van der Waals surface area contributed by atoms with Crippen molar-refractivity contribution in [2.45, 2.75) is 6.92 Å². The number of hydrogen-bond acceptors (Lipinski definition) is 1. The Kier molecular flexibility index (Phi) is 1.77. The van der Waals surface area contributed by atoms with Crippen LogP contribution < -0.4 is 0 Å². The molecular formula is C5H4Br2O. The SMILES string of the molecule is Cc1cc(Br)oc1Br. The Morgan fingerprint density at radius 3 is 2.25 bits per heavy atom. The molecule has 0 aliphatic carbocycles. The minimum absolute atomic E-state index is 0.766. The highest BCUT2D eigenvalue weighted by molar-refractivity contribution is 9.11. The lowest BCUT2D eigenvalue weighted by molar-refractivity contribution is 0.514. The van der Waals surface area contributed by atoms with E-state index in [0.29, 0.717) is 0 Å². The smallest absolute Gasteiger partial charge is 0.173 e. The third-order valence-corrected chi connectivity index (χ3v) is 2.01. The van der Waals surface area contributed by atoms with Gasteiger partial charge in [0.25, 0.3) is 0 Å². The first-order valence-electron chi connectivity index (χ1n) is 2.11. The zero-order valence-electron chi connectivity index (χ0n) is 4.24. The first-order valence-corrected chi connectivity index (χ1v) is 3.70. The van der Waals surface area contributed by atoms with E-state index >= 15 is 0 Å². The second-order valence-electron chi connectivity index (χ2n) is 1.51. The fraction of sp³-hybridized carbons (Fsp3) is 0.200. The van der Waals surface area contributed by atoms with E-state index in [-0.39, 0.29) is 0 Å². The number of furan rings is 1. The summed E-state index contributed by atoms with van der Waals surface area (Å²) in [6.45, 7) is 1.97. The molecule has 1 aromatic rings. The van der Waals surface area contributed by atoms with E-state index in [1.54, 1.807) is 0 Å². The summed E-state index contributed by atoms with van der Waals surface area (Å²) in [6.07, 6.45) is 0. The average molecular weight is 240 g/mol.